The van der Waals surface area contributed by atoms with Gasteiger partial charge in [0, 0.05) is 6.42 Å². The molecule has 0 unspecified atom stereocenters. The van der Waals surface area contributed by atoms with Crippen molar-refractivity contribution in [3.8, 4) is 0 Å². The van der Waals surface area contributed by atoms with E-state index in [1.807, 2.05) is 6.92 Å². The quantitative estimate of drug-likeness (QED) is 0.650. The topological polar surface area (TPSA) is 80.7 Å². The molecule has 1 rings (SSSR count). The van der Waals surface area contributed by atoms with E-state index in [4.69, 9.17) is 5.11 Å². The molecule has 0 spiro atoms. The van der Waals surface area contributed by atoms with Gasteiger partial charge in [-0.25, -0.2) is 0 Å². The zero-order valence-electron chi connectivity index (χ0n) is 13.9. The van der Waals surface area contributed by atoms with Crippen molar-refractivity contribution in [2.75, 3.05) is 34.3 Å². The Balaban J connectivity index is 0.000000534. The van der Waals surface area contributed by atoms with E-state index in [9.17, 15) is 13.2 Å². The van der Waals surface area contributed by atoms with Gasteiger partial charge in [-0.15, -0.1) is 0 Å². The van der Waals surface area contributed by atoms with Gasteiger partial charge in [0.2, 0.25) is 0 Å². The molecule has 0 fully saturated rings. The lowest BCUT2D eigenvalue weighted by Gasteiger charge is -2.21. The molecule has 0 radical (unpaired) electrons. The van der Waals surface area contributed by atoms with Crippen LogP contribution >= 0.6 is 0 Å². The Hall–Kier alpha value is -1.44. The van der Waals surface area contributed by atoms with Crippen LogP contribution in [0.5, 0.6) is 0 Å². The van der Waals surface area contributed by atoms with E-state index in [0.717, 1.165) is 16.6 Å². The van der Waals surface area contributed by atoms with Gasteiger partial charge in [0.1, 0.15) is 11.4 Å². The first-order chi connectivity index (χ1) is 10.0. The largest absolute Gasteiger partial charge is 0.391 e. The fourth-order valence-corrected chi connectivity index (χ4v) is 2.16. The van der Waals surface area contributed by atoms with E-state index in [-0.39, 0.29) is 17.9 Å². The molecule has 7 heteroatoms. The Morgan fingerprint density at radius 3 is 2.00 bits per heavy atom. The van der Waals surface area contributed by atoms with E-state index in [1.165, 1.54) is 19.1 Å². The maximum atomic E-state index is 11.5. The van der Waals surface area contributed by atoms with Gasteiger partial charge in [-0.2, -0.15) is 8.42 Å². The summed E-state index contributed by atoms with van der Waals surface area (Å²) in [5.74, 6) is -0.754. The second kappa shape index (κ2) is 8.87. The van der Waals surface area contributed by atoms with Crippen LogP contribution in [0.2, 0.25) is 0 Å². The number of nitrogens with zero attached hydrogens (tertiary/aromatic N) is 1. The van der Waals surface area contributed by atoms with Gasteiger partial charge in [0.05, 0.1) is 27.7 Å². The third-order valence-electron chi connectivity index (χ3n) is 2.57. The van der Waals surface area contributed by atoms with Crippen molar-refractivity contribution in [2.45, 2.75) is 25.2 Å². The lowest BCUT2D eigenvalue weighted by molar-refractivity contribution is -0.870. The first-order valence-electron chi connectivity index (χ1n) is 6.97. The highest BCUT2D eigenvalue weighted by molar-refractivity contribution is 7.87. The molecule has 22 heavy (non-hydrogen) atoms. The monoisotopic (exact) mass is 332 g/mol. The number of aliphatic hydroxyl groups is 1. The van der Waals surface area contributed by atoms with Crippen LogP contribution in [0.1, 0.15) is 18.9 Å². The summed E-state index contributed by atoms with van der Waals surface area (Å²) in [5, 5.41) is 8.39. The van der Waals surface area contributed by atoms with Crippen molar-refractivity contribution < 1.29 is 27.0 Å². The number of hydrogen-bond donors (Lipinski definition) is 1. The summed E-state index contributed by atoms with van der Waals surface area (Å²) >= 11 is 0. The highest BCUT2D eigenvalue weighted by atomic mass is 32.2. The molecule has 0 aliphatic heterocycles. The average molecular weight is 332 g/mol. The molecule has 0 saturated carbocycles. The van der Waals surface area contributed by atoms with E-state index in [2.05, 4.69) is 25.3 Å². The molecular formula is C15H26NO5S+. The van der Waals surface area contributed by atoms with Gasteiger partial charge in [-0.05, 0) is 19.1 Å². The van der Waals surface area contributed by atoms with E-state index < -0.39 is 16.1 Å². The van der Waals surface area contributed by atoms with Crippen LogP contribution in [-0.4, -0.2) is 58.3 Å². The van der Waals surface area contributed by atoms with Crippen molar-refractivity contribution in [3.63, 3.8) is 0 Å². The second-order valence-electron chi connectivity index (χ2n) is 5.81. The minimum absolute atomic E-state index is 0.00472. The minimum atomic E-state index is -3.94. The Bertz CT molecular complexity index is 559. The summed E-state index contributed by atoms with van der Waals surface area (Å²) in [5.41, 5.74) is 0.941. The van der Waals surface area contributed by atoms with Crippen LogP contribution in [0.3, 0.4) is 0 Å². The predicted octanol–water partition coefficient (Wildman–Crippen LogP) is 1.32. The molecule has 126 valence electrons. The van der Waals surface area contributed by atoms with Crippen molar-refractivity contribution in [2.24, 2.45) is 0 Å². The predicted molar refractivity (Wildman–Crippen MR) is 84.7 cm³/mol. The van der Waals surface area contributed by atoms with Crippen LogP contribution < -0.4 is 0 Å². The molecule has 0 aromatic heterocycles. The summed E-state index contributed by atoms with van der Waals surface area (Å²) < 4.78 is 28.1. The second-order valence-corrected chi connectivity index (χ2v) is 7.36. The highest BCUT2D eigenvalue weighted by Crippen LogP contribution is 2.13. The highest BCUT2D eigenvalue weighted by Gasteiger charge is 2.18. The summed E-state index contributed by atoms with van der Waals surface area (Å²) in [4.78, 5) is 10.9. The normalized spacial score (nSPS) is 11.4. The number of benzene rings is 1. The summed E-state index contributed by atoms with van der Waals surface area (Å²) in [7, 11) is 2.22. The zero-order chi connectivity index (χ0) is 17.4. The van der Waals surface area contributed by atoms with E-state index >= 15 is 0 Å². The number of hydrogen-bond acceptors (Lipinski definition) is 5. The van der Waals surface area contributed by atoms with E-state index in [1.54, 1.807) is 12.1 Å². The van der Waals surface area contributed by atoms with Crippen LogP contribution in [0.15, 0.2) is 29.2 Å². The van der Waals surface area contributed by atoms with Crippen molar-refractivity contribution in [1.82, 2.24) is 0 Å². The molecule has 0 saturated heterocycles. The summed E-state index contributed by atoms with van der Waals surface area (Å²) in [6, 6.07) is 6.11. The van der Waals surface area contributed by atoms with Gasteiger partial charge in [0.25, 0.3) is 0 Å². The van der Waals surface area contributed by atoms with Gasteiger partial charge in [-0.3, -0.25) is 4.79 Å². The standard InChI is InChI=1S/C10H12O4S.C5H14NO/c1-3-10(11)14-15(12,13)9-6-4-8(2)5-7-9;1-6(2,3)4-5-7/h4-7H,3H2,1-2H3;7H,4-5H2,1-3H3/q;+1. The van der Waals surface area contributed by atoms with Crippen molar-refractivity contribution >= 4 is 16.1 Å². The average Bonchev–Trinajstić information content (AvgIpc) is 2.38. The van der Waals surface area contributed by atoms with Gasteiger partial charge >= 0.3 is 16.1 Å². The Labute approximate surface area is 133 Å². The number of carbonyl (C=O) groups excluding carboxylic acids is 1. The van der Waals surface area contributed by atoms with Crippen LogP contribution in [0.25, 0.3) is 0 Å². The van der Waals surface area contributed by atoms with Crippen molar-refractivity contribution in [1.29, 1.82) is 0 Å². The Kier molecular flexibility index (Phi) is 8.29. The third-order valence-corrected chi connectivity index (χ3v) is 3.83. The number of quaternary nitrogens is 1. The summed E-state index contributed by atoms with van der Waals surface area (Å²) in [6.45, 7) is 4.49. The molecular weight excluding hydrogens is 306 g/mol. The molecule has 0 bridgehead atoms. The zero-order valence-corrected chi connectivity index (χ0v) is 14.7. The fraction of sp³-hybridized carbons (Fsp3) is 0.533. The molecule has 0 aliphatic carbocycles. The number of rotatable bonds is 5. The fourth-order valence-electron chi connectivity index (χ4n) is 1.23. The maximum Gasteiger partial charge on any atom is 0.341 e. The minimum Gasteiger partial charge on any atom is -0.391 e. The van der Waals surface area contributed by atoms with Gasteiger partial charge in [0.15, 0.2) is 0 Å². The Morgan fingerprint density at radius 2 is 1.68 bits per heavy atom. The third kappa shape index (κ3) is 8.76. The molecule has 0 atom stereocenters. The van der Waals surface area contributed by atoms with Crippen LogP contribution in [0, 0.1) is 6.92 Å². The number of carbonyl (C=O) groups is 1. The molecule has 0 aliphatic rings. The number of likely N-dealkylation sites (N-methyl/N-ethyl adjacent to an activating group) is 1. The first kappa shape index (κ1) is 20.6. The molecule has 1 aromatic carbocycles. The van der Waals surface area contributed by atoms with E-state index in [0.29, 0.717) is 0 Å². The van der Waals surface area contributed by atoms with Gasteiger partial charge in [-0.1, -0.05) is 24.6 Å². The Morgan fingerprint density at radius 1 is 1.18 bits per heavy atom. The van der Waals surface area contributed by atoms with Gasteiger partial charge < -0.3 is 13.8 Å². The van der Waals surface area contributed by atoms with Crippen LogP contribution in [0.4, 0.5) is 0 Å². The number of aliphatic hydroxyl groups excluding tert-OH is 1. The first-order valence-corrected chi connectivity index (χ1v) is 8.38. The smallest absolute Gasteiger partial charge is 0.341 e. The maximum absolute atomic E-state index is 11.5. The molecule has 0 amide bonds. The lowest BCUT2D eigenvalue weighted by Crippen LogP contribution is -2.36. The van der Waals surface area contributed by atoms with Crippen LogP contribution in [-0.2, 0) is 19.1 Å². The molecule has 6 nitrogen and oxygen atoms in total. The SMILES string of the molecule is CCC(=O)OS(=O)(=O)c1ccc(C)cc1.C[N+](C)(C)CCO. The molecule has 1 aromatic rings. The van der Waals surface area contributed by atoms with Crippen molar-refractivity contribution in [3.05, 3.63) is 29.8 Å². The summed E-state index contributed by atoms with van der Waals surface area (Å²) in [6.07, 6.45) is 0.0328. The molecule has 0 heterocycles. The molecule has 1 N–H and O–H groups in total. The number of aryl methyl sites for hydroxylation is 1. The lowest BCUT2D eigenvalue weighted by atomic mass is 10.2.